The van der Waals surface area contributed by atoms with Crippen molar-refractivity contribution in [2.24, 2.45) is 5.92 Å². The Labute approximate surface area is 98.6 Å². The van der Waals surface area contributed by atoms with Crippen molar-refractivity contribution < 1.29 is 14.1 Å². The zero-order valence-corrected chi connectivity index (χ0v) is 9.77. The molecule has 0 aliphatic heterocycles. The molecule has 0 saturated heterocycles. The van der Waals surface area contributed by atoms with Crippen LogP contribution < -0.4 is 0 Å². The molecule has 17 heavy (non-hydrogen) atoms. The highest BCUT2D eigenvalue weighted by atomic mass is 19.1. The average molecular weight is 239 g/mol. The number of carbonyl (C=O) groups is 1. The van der Waals surface area contributed by atoms with Crippen molar-refractivity contribution in [3.8, 4) is 0 Å². The molecule has 1 rings (SSSR count). The third kappa shape index (κ3) is 3.34. The molecule has 0 radical (unpaired) electrons. The monoisotopic (exact) mass is 239 g/mol. The highest BCUT2D eigenvalue weighted by molar-refractivity contribution is 5.80. The summed E-state index contributed by atoms with van der Waals surface area (Å²) in [7, 11) is 0. The molecule has 0 heterocycles. The summed E-state index contributed by atoms with van der Waals surface area (Å²) < 4.78 is 13.0. The van der Waals surface area contributed by atoms with Gasteiger partial charge in [0.25, 0.3) is 5.69 Å². The standard InChI is InChI=1S/C12H14FNO3/c1-3-12(15)8(2)6-9-7-10(13)4-5-11(9)14(16)17/h4-5,7-8H,3,6H2,1-2H3. The van der Waals surface area contributed by atoms with Crippen LogP contribution in [0.2, 0.25) is 0 Å². The molecule has 5 heteroatoms. The molecule has 0 fully saturated rings. The molecule has 0 aliphatic carbocycles. The van der Waals surface area contributed by atoms with Gasteiger partial charge in [0.05, 0.1) is 4.92 Å². The van der Waals surface area contributed by atoms with Crippen LogP contribution in [0.4, 0.5) is 10.1 Å². The van der Waals surface area contributed by atoms with Crippen molar-refractivity contribution >= 4 is 11.5 Å². The van der Waals surface area contributed by atoms with Gasteiger partial charge in [-0.2, -0.15) is 0 Å². The Morgan fingerprint density at radius 2 is 2.18 bits per heavy atom. The normalized spacial score (nSPS) is 12.2. The van der Waals surface area contributed by atoms with Crippen LogP contribution in [0.5, 0.6) is 0 Å². The number of nitro benzene ring substituents is 1. The van der Waals surface area contributed by atoms with E-state index >= 15 is 0 Å². The van der Waals surface area contributed by atoms with Crippen LogP contribution in [0.3, 0.4) is 0 Å². The summed E-state index contributed by atoms with van der Waals surface area (Å²) in [5.41, 5.74) is 0.131. The summed E-state index contributed by atoms with van der Waals surface area (Å²) in [6.45, 7) is 3.43. The first kappa shape index (κ1) is 13.3. The van der Waals surface area contributed by atoms with Gasteiger partial charge >= 0.3 is 0 Å². The number of hydrogen-bond acceptors (Lipinski definition) is 3. The number of nitrogens with zero attached hydrogens (tertiary/aromatic N) is 1. The van der Waals surface area contributed by atoms with Crippen LogP contribution in [0, 0.1) is 21.8 Å². The molecule has 0 bridgehead atoms. The first-order chi connectivity index (χ1) is 7.95. The van der Waals surface area contributed by atoms with Gasteiger partial charge in [-0.25, -0.2) is 4.39 Å². The Morgan fingerprint density at radius 3 is 2.71 bits per heavy atom. The van der Waals surface area contributed by atoms with E-state index < -0.39 is 10.7 Å². The lowest BCUT2D eigenvalue weighted by molar-refractivity contribution is -0.385. The molecular weight excluding hydrogens is 225 g/mol. The maximum Gasteiger partial charge on any atom is 0.272 e. The third-order valence-corrected chi connectivity index (χ3v) is 2.66. The summed E-state index contributed by atoms with van der Waals surface area (Å²) in [5.74, 6) is -0.842. The van der Waals surface area contributed by atoms with Gasteiger partial charge in [-0.3, -0.25) is 14.9 Å². The number of Topliss-reactive ketones (excluding diaryl/α,β-unsaturated/α-hetero) is 1. The Bertz CT molecular complexity index is 445. The van der Waals surface area contributed by atoms with Crippen molar-refractivity contribution in [2.75, 3.05) is 0 Å². The zero-order valence-electron chi connectivity index (χ0n) is 9.77. The Hall–Kier alpha value is -1.78. The number of hydrogen-bond donors (Lipinski definition) is 0. The topological polar surface area (TPSA) is 60.2 Å². The lowest BCUT2D eigenvalue weighted by atomic mass is 9.95. The van der Waals surface area contributed by atoms with Crippen LogP contribution in [0.15, 0.2) is 18.2 Å². The minimum absolute atomic E-state index is 0.0172. The van der Waals surface area contributed by atoms with Gasteiger partial charge in [-0.15, -0.1) is 0 Å². The summed E-state index contributed by atoms with van der Waals surface area (Å²) in [4.78, 5) is 21.6. The molecule has 1 unspecified atom stereocenters. The van der Waals surface area contributed by atoms with Crippen LogP contribution >= 0.6 is 0 Å². The van der Waals surface area contributed by atoms with Crippen LogP contribution in [0.25, 0.3) is 0 Å². The fourth-order valence-electron chi connectivity index (χ4n) is 1.69. The summed E-state index contributed by atoms with van der Waals surface area (Å²) in [5, 5.41) is 10.8. The van der Waals surface area contributed by atoms with Crippen molar-refractivity contribution in [1.29, 1.82) is 0 Å². The van der Waals surface area contributed by atoms with Crippen LogP contribution in [-0.4, -0.2) is 10.7 Å². The fraction of sp³-hybridized carbons (Fsp3) is 0.417. The van der Waals surface area contributed by atoms with E-state index in [-0.39, 0.29) is 29.4 Å². The van der Waals surface area contributed by atoms with Gasteiger partial charge < -0.3 is 0 Å². The molecule has 4 nitrogen and oxygen atoms in total. The molecule has 1 atom stereocenters. The van der Waals surface area contributed by atoms with E-state index in [1.807, 2.05) is 0 Å². The predicted octanol–water partition coefficient (Wildman–Crippen LogP) is 2.89. The maximum atomic E-state index is 13.0. The Balaban J connectivity index is 3.00. The summed E-state index contributed by atoms with van der Waals surface area (Å²) in [6, 6.07) is 3.30. The second-order valence-electron chi connectivity index (χ2n) is 3.96. The van der Waals surface area contributed by atoms with E-state index in [1.165, 1.54) is 0 Å². The maximum absolute atomic E-state index is 13.0. The van der Waals surface area contributed by atoms with E-state index in [1.54, 1.807) is 13.8 Å². The second kappa shape index (κ2) is 5.52. The highest BCUT2D eigenvalue weighted by Crippen LogP contribution is 2.23. The number of nitro groups is 1. The van der Waals surface area contributed by atoms with Crippen molar-refractivity contribution in [3.05, 3.63) is 39.7 Å². The zero-order chi connectivity index (χ0) is 13.0. The largest absolute Gasteiger partial charge is 0.299 e. The van der Waals surface area contributed by atoms with E-state index in [4.69, 9.17) is 0 Å². The highest BCUT2D eigenvalue weighted by Gasteiger charge is 2.19. The summed E-state index contributed by atoms with van der Waals surface area (Å²) in [6.07, 6.45) is 0.574. The van der Waals surface area contributed by atoms with E-state index in [2.05, 4.69) is 0 Å². The third-order valence-electron chi connectivity index (χ3n) is 2.66. The fourth-order valence-corrected chi connectivity index (χ4v) is 1.69. The van der Waals surface area contributed by atoms with Gasteiger partial charge in [0, 0.05) is 24.0 Å². The van der Waals surface area contributed by atoms with Crippen molar-refractivity contribution in [1.82, 2.24) is 0 Å². The molecule has 1 aromatic rings. The van der Waals surface area contributed by atoms with E-state index in [0.29, 0.717) is 6.42 Å². The molecule has 0 aromatic heterocycles. The second-order valence-corrected chi connectivity index (χ2v) is 3.96. The number of rotatable bonds is 5. The number of carbonyl (C=O) groups excluding carboxylic acids is 1. The number of halogens is 1. The van der Waals surface area contributed by atoms with Gasteiger partial charge in [0.2, 0.25) is 0 Å². The van der Waals surface area contributed by atoms with Gasteiger partial charge in [-0.1, -0.05) is 13.8 Å². The smallest absolute Gasteiger partial charge is 0.272 e. The summed E-state index contributed by atoms with van der Waals surface area (Å²) >= 11 is 0. The number of benzene rings is 1. The molecule has 0 N–H and O–H groups in total. The first-order valence-corrected chi connectivity index (χ1v) is 5.41. The molecule has 0 aliphatic rings. The van der Waals surface area contributed by atoms with Gasteiger partial charge in [-0.05, 0) is 18.6 Å². The number of ketones is 1. The first-order valence-electron chi connectivity index (χ1n) is 5.41. The quantitative estimate of drug-likeness (QED) is 0.586. The molecule has 0 amide bonds. The lowest BCUT2D eigenvalue weighted by Gasteiger charge is -2.09. The van der Waals surface area contributed by atoms with Crippen LogP contribution in [0.1, 0.15) is 25.8 Å². The van der Waals surface area contributed by atoms with Gasteiger partial charge in [0.15, 0.2) is 0 Å². The minimum Gasteiger partial charge on any atom is -0.299 e. The molecular formula is C12H14FNO3. The molecule has 1 aromatic carbocycles. The molecule has 0 spiro atoms. The van der Waals surface area contributed by atoms with Crippen molar-refractivity contribution in [3.63, 3.8) is 0 Å². The SMILES string of the molecule is CCC(=O)C(C)Cc1cc(F)ccc1[N+](=O)[O-]. The Kier molecular flexibility index (Phi) is 4.31. The van der Waals surface area contributed by atoms with Crippen LogP contribution in [-0.2, 0) is 11.2 Å². The average Bonchev–Trinajstić information content (AvgIpc) is 2.27. The predicted molar refractivity (Wildman–Crippen MR) is 61.2 cm³/mol. The molecule has 92 valence electrons. The van der Waals surface area contributed by atoms with E-state index in [9.17, 15) is 19.3 Å². The Morgan fingerprint density at radius 1 is 1.53 bits per heavy atom. The minimum atomic E-state index is -0.558. The lowest BCUT2D eigenvalue weighted by Crippen LogP contribution is -2.13. The van der Waals surface area contributed by atoms with E-state index in [0.717, 1.165) is 18.2 Å². The molecule has 0 saturated carbocycles. The van der Waals surface area contributed by atoms with Gasteiger partial charge in [0.1, 0.15) is 11.6 Å². The van der Waals surface area contributed by atoms with Crippen molar-refractivity contribution in [2.45, 2.75) is 26.7 Å².